The average molecular weight is 350 g/mol. The maximum Gasteiger partial charge on any atom is 0.306 e. The summed E-state index contributed by atoms with van der Waals surface area (Å²) in [5.41, 5.74) is 1.08. The minimum atomic E-state index is -0.647. The summed E-state index contributed by atoms with van der Waals surface area (Å²) in [6, 6.07) is 12.6. The lowest BCUT2D eigenvalue weighted by Gasteiger charge is -2.26. The van der Waals surface area contributed by atoms with Gasteiger partial charge in [0.25, 0.3) is 0 Å². The van der Waals surface area contributed by atoms with Crippen LogP contribution in [0.2, 0.25) is 5.02 Å². The summed E-state index contributed by atoms with van der Waals surface area (Å²) in [4.78, 5) is 13.4. The van der Waals surface area contributed by atoms with Crippen LogP contribution in [-0.2, 0) is 11.3 Å². The first-order valence-corrected chi connectivity index (χ1v) is 9.12. The Balaban J connectivity index is 1.54. The van der Waals surface area contributed by atoms with Gasteiger partial charge in [0.1, 0.15) is 0 Å². The van der Waals surface area contributed by atoms with Crippen molar-refractivity contribution in [2.24, 2.45) is 5.92 Å². The SMILES string of the molecule is O=C(O)C1CCC(NCc2ccc(-c3ccccc3Cl)s2)CC1. The van der Waals surface area contributed by atoms with Gasteiger partial charge in [0, 0.05) is 32.9 Å². The Hall–Kier alpha value is -1.36. The summed E-state index contributed by atoms with van der Waals surface area (Å²) in [7, 11) is 0. The largest absolute Gasteiger partial charge is 0.481 e. The van der Waals surface area contributed by atoms with Crippen LogP contribution in [0, 0.1) is 5.92 Å². The first-order valence-electron chi connectivity index (χ1n) is 7.93. The molecule has 1 aromatic carbocycles. The fraction of sp³-hybridized carbons (Fsp3) is 0.389. The fourth-order valence-electron chi connectivity index (χ4n) is 3.07. The zero-order valence-corrected chi connectivity index (χ0v) is 14.4. The van der Waals surface area contributed by atoms with E-state index in [2.05, 4.69) is 17.4 Å². The van der Waals surface area contributed by atoms with Gasteiger partial charge in [-0.15, -0.1) is 11.3 Å². The molecule has 2 aromatic rings. The van der Waals surface area contributed by atoms with Gasteiger partial charge in [-0.2, -0.15) is 0 Å². The van der Waals surface area contributed by atoms with E-state index < -0.39 is 5.97 Å². The number of carboxylic acid groups (broad SMARTS) is 1. The highest BCUT2D eigenvalue weighted by Gasteiger charge is 2.25. The van der Waals surface area contributed by atoms with Crippen molar-refractivity contribution in [3.05, 3.63) is 46.3 Å². The Morgan fingerprint density at radius 1 is 1.17 bits per heavy atom. The third-order valence-electron chi connectivity index (χ3n) is 4.44. The molecule has 23 heavy (non-hydrogen) atoms. The number of carbonyl (C=O) groups is 1. The Kier molecular flexibility index (Phi) is 5.36. The van der Waals surface area contributed by atoms with Crippen LogP contribution >= 0.6 is 22.9 Å². The van der Waals surface area contributed by atoms with E-state index in [1.807, 2.05) is 24.3 Å². The summed E-state index contributed by atoms with van der Waals surface area (Å²) < 4.78 is 0. The highest BCUT2D eigenvalue weighted by atomic mass is 35.5. The van der Waals surface area contributed by atoms with Crippen LogP contribution < -0.4 is 5.32 Å². The number of nitrogens with one attached hydrogen (secondary N) is 1. The molecule has 0 radical (unpaired) electrons. The van der Waals surface area contributed by atoms with E-state index in [0.29, 0.717) is 6.04 Å². The number of halogens is 1. The topological polar surface area (TPSA) is 49.3 Å². The molecule has 0 unspecified atom stereocenters. The van der Waals surface area contributed by atoms with Crippen molar-refractivity contribution in [2.45, 2.75) is 38.3 Å². The lowest BCUT2D eigenvalue weighted by atomic mass is 9.86. The highest BCUT2D eigenvalue weighted by molar-refractivity contribution is 7.15. The molecule has 1 aromatic heterocycles. The lowest BCUT2D eigenvalue weighted by Crippen LogP contribution is -2.34. The molecule has 1 aliphatic rings. The van der Waals surface area contributed by atoms with Crippen molar-refractivity contribution in [3.63, 3.8) is 0 Å². The smallest absolute Gasteiger partial charge is 0.306 e. The number of rotatable bonds is 5. The first-order chi connectivity index (χ1) is 11.1. The number of hydrogen-bond acceptors (Lipinski definition) is 3. The molecule has 0 bridgehead atoms. The molecule has 5 heteroatoms. The van der Waals surface area contributed by atoms with Crippen LogP contribution in [-0.4, -0.2) is 17.1 Å². The summed E-state index contributed by atoms with van der Waals surface area (Å²) in [6.45, 7) is 0.831. The molecule has 0 spiro atoms. The second kappa shape index (κ2) is 7.47. The molecule has 0 amide bonds. The first kappa shape index (κ1) is 16.5. The zero-order valence-electron chi connectivity index (χ0n) is 12.8. The van der Waals surface area contributed by atoms with Crippen molar-refractivity contribution in [3.8, 4) is 10.4 Å². The Morgan fingerprint density at radius 3 is 2.61 bits per heavy atom. The number of hydrogen-bond donors (Lipinski definition) is 2. The minimum absolute atomic E-state index is 0.151. The van der Waals surface area contributed by atoms with E-state index in [0.717, 1.165) is 42.8 Å². The van der Waals surface area contributed by atoms with Crippen LogP contribution in [0.3, 0.4) is 0 Å². The Labute approximate surface area is 145 Å². The number of benzene rings is 1. The van der Waals surface area contributed by atoms with Crippen molar-refractivity contribution in [1.29, 1.82) is 0 Å². The van der Waals surface area contributed by atoms with Crippen LogP contribution in [0.1, 0.15) is 30.6 Å². The second-order valence-corrected chi connectivity index (χ2v) is 7.59. The molecule has 1 heterocycles. The Morgan fingerprint density at radius 2 is 1.91 bits per heavy atom. The molecule has 3 rings (SSSR count). The van der Waals surface area contributed by atoms with Crippen molar-refractivity contribution in [1.82, 2.24) is 5.32 Å². The van der Waals surface area contributed by atoms with Gasteiger partial charge in [0.05, 0.1) is 5.92 Å². The standard InChI is InChI=1S/C18H20ClNO2S/c19-16-4-2-1-3-15(16)17-10-9-14(23-17)11-20-13-7-5-12(6-8-13)18(21)22/h1-4,9-10,12-13,20H,5-8,11H2,(H,21,22). The number of carboxylic acids is 1. The van der Waals surface area contributed by atoms with E-state index in [-0.39, 0.29) is 5.92 Å². The van der Waals surface area contributed by atoms with Crippen molar-refractivity contribution in [2.75, 3.05) is 0 Å². The van der Waals surface area contributed by atoms with E-state index >= 15 is 0 Å². The third kappa shape index (κ3) is 4.14. The molecule has 0 aliphatic heterocycles. The summed E-state index contributed by atoms with van der Waals surface area (Å²) in [5, 5.41) is 13.4. The van der Waals surface area contributed by atoms with Gasteiger partial charge >= 0.3 is 5.97 Å². The maximum atomic E-state index is 11.0. The van der Waals surface area contributed by atoms with Gasteiger partial charge in [-0.3, -0.25) is 4.79 Å². The average Bonchev–Trinajstić information content (AvgIpc) is 3.02. The van der Waals surface area contributed by atoms with E-state index in [9.17, 15) is 4.79 Å². The molecular weight excluding hydrogens is 330 g/mol. The van der Waals surface area contributed by atoms with Gasteiger partial charge in [0.2, 0.25) is 0 Å². The molecule has 122 valence electrons. The zero-order chi connectivity index (χ0) is 16.2. The fourth-order valence-corrected chi connectivity index (χ4v) is 4.36. The molecule has 2 N–H and O–H groups in total. The van der Waals surface area contributed by atoms with Crippen molar-refractivity contribution >= 4 is 28.9 Å². The molecule has 1 aliphatic carbocycles. The normalized spacial score (nSPS) is 21.3. The maximum absolute atomic E-state index is 11.0. The monoisotopic (exact) mass is 349 g/mol. The molecule has 0 saturated heterocycles. The number of aliphatic carboxylic acids is 1. The summed E-state index contributed by atoms with van der Waals surface area (Å²) >= 11 is 8.00. The van der Waals surface area contributed by atoms with E-state index in [1.165, 1.54) is 9.75 Å². The van der Waals surface area contributed by atoms with Crippen LogP contribution in [0.4, 0.5) is 0 Å². The quantitative estimate of drug-likeness (QED) is 0.815. The van der Waals surface area contributed by atoms with Gasteiger partial charge < -0.3 is 10.4 Å². The Bertz CT molecular complexity index is 677. The second-order valence-electron chi connectivity index (χ2n) is 6.01. The van der Waals surface area contributed by atoms with Crippen LogP contribution in [0.5, 0.6) is 0 Å². The number of thiophene rings is 1. The predicted octanol–water partition coefficient (Wildman–Crippen LogP) is 4.80. The van der Waals surface area contributed by atoms with Crippen LogP contribution in [0.15, 0.2) is 36.4 Å². The summed E-state index contributed by atoms with van der Waals surface area (Å²) in [6.07, 6.45) is 3.45. The third-order valence-corrected chi connectivity index (χ3v) is 5.89. The molecule has 1 saturated carbocycles. The van der Waals surface area contributed by atoms with E-state index in [4.69, 9.17) is 16.7 Å². The van der Waals surface area contributed by atoms with Crippen molar-refractivity contribution < 1.29 is 9.90 Å². The van der Waals surface area contributed by atoms with Gasteiger partial charge in [-0.25, -0.2) is 0 Å². The molecule has 1 fully saturated rings. The summed E-state index contributed by atoms with van der Waals surface area (Å²) in [5.74, 6) is -0.798. The van der Waals surface area contributed by atoms with Gasteiger partial charge in [-0.05, 0) is 43.9 Å². The molecule has 3 nitrogen and oxygen atoms in total. The van der Waals surface area contributed by atoms with Gasteiger partial charge in [0.15, 0.2) is 0 Å². The minimum Gasteiger partial charge on any atom is -0.481 e. The van der Waals surface area contributed by atoms with Gasteiger partial charge in [-0.1, -0.05) is 29.8 Å². The van der Waals surface area contributed by atoms with Crippen LogP contribution in [0.25, 0.3) is 10.4 Å². The lowest BCUT2D eigenvalue weighted by molar-refractivity contribution is -0.142. The highest BCUT2D eigenvalue weighted by Crippen LogP contribution is 2.33. The molecular formula is C18H20ClNO2S. The molecule has 0 atom stereocenters. The predicted molar refractivity (Wildman–Crippen MR) is 95.0 cm³/mol. The van der Waals surface area contributed by atoms with E-state index in [1.54, 1.807) is 11.3 Å².